The predicted molar refractivity (Wildman–Crippen MR) is 71.8 cm³/mol. The fourth-order valence-corrected chi connectivity index (χ4v) is 3.25. The van der Waals surface area contributed by atoms with Gasteiger partial charge in [-0.1, -0.05) is 19.1 Å². The summed E-state index contributed by atoms with van der Waals surface area (Å²) >= 11 is 1.78. The molecular weight excluding hydrogens is 230 g/mol. The molecule has 1 aromatic carbocycles. The van der Waals surface area contributed by atoms with Crippen LogP contribution in [0.25, 0.3) is 10.2 Å². The zero-order chi connectivity index (χ0) is 11.9. The molecule has 3 nitrogen and oxygen atoms in total. The highest BCUT2D eigenvalue weighted by Gasteiger charge is 2.44. The van der Waals surface area contributed by atoms with Crippen molar-refractivity contribution < 1.29 is 0 Å². The summed E-state index contributed by atoms with van der Waals surface area (Å²) in [5.74, 6) is 5.67. The number of nitrogens with zero attached hydrogens (tertiary/aromatic N) is 1. The first-order chi connectivity index (χ1) is 8.21. The van der Waals surface area contributed by atoms with Crippen molar-refractivity contribution >= 4 is 21.6 Å². The van der Waals surface area contributed by atoms with Gasteiger partial charge in [-0.2, -0.15) is 0 Å². The van der Waals surface area contributed by atoms with E-state index in [1.807, 2.05) is 6.07 Å². The summed E-state index contributed by atoms with van der Waals surface area (Å²) in [5.41, 5.74) is 4.45. The minimum Gasteiger partial charge on any atom is -0.271 e. The second-order valence-corrected chi connectivity index (χ2v) is 6.27. The van der Waals surface area contributed by atoms with E-state index in [9.17, 15) is 0 Å². The molecule has 1 fully saturated rings. The maximum Gasteiger partial charge on any atom is 0.0954 e. The van der Waals surface area contributed by atoms with Crippen LogP contribution >= 0.6 is 11.3 Å². The molecule has 3 rings (SSSR count). The second-order valence-electron chi connectivity index (χ2n) is 5.15. The minimum absolute atomic E-state index is 0.350. The lowest BCUT2D eigenvalue weighted by Crippen LogP contribution is -2.42. The smallest absolute Gasteiger partial charge is 0.0954 e. The van der Waals surface area contributed by atoms with Crippen molar-refractivity contribution in [2.75, 3.05) is 0 Å². The monoisotopic (exact) mass is 247 g/mol. The van der Waals surface area contributed by atoms with Crippen molar-refractivity contribution in [3.8, 4) is 0 Å². The van der Waals surface area contributed by atoms with Crippen LogP contribution in [0.15, 0.2) is 24.3 Å². The van der Waals surface area contributed by atoms with Gasteiger partial charge in [0, 0.05) is 12.5 Å². The van der Waals surface area contributed by atoms with Crippen LogP contribution in [0.3, 0.4) is 0 Å². The van der Waals surface area contributed by atoms with Gasteiger partial charge in [0.1, 0.15) is 0 Å². The average molecular weight is 247 g/mol. The van der Waals surface area contributed by atoms with Crippen molar-refractivity contribution in [2.24, 2.45) is 11.3 Å². The first kappa shape index (κ1) is 11.1. The molecule has 0 saturated heterocycles. The van der Waals surface area contributed by atoms with Gasteiger partial charge >= 0.3 is 0 Å². The molecule has 4 heteroatoms. The molecule has 90 valence electrons. The minimum atomic E-state index is 0.350. The number of nitrogens with one attached hydrogen (secondary N) is 1. The highest BCUT2D eigenvalue weighted by Crippen LogP contribution is 2.48. The van der Waals surface area contributed by atoms with Crippen LogP contribution in [0, 0.1) is 5.41 Å². The van der Waals surface area contributed by atoms with Crippen LogP contribution in [0.4, 0.5) is 0 Å². The molecule has 0 radical (unpaired) electrons. The Bertz CT molecular complexity index is 497. The molecule has 1 saturated carbocycles. The summed E-state index contributed by atoms with van der Waals surface area (Å²) in [6.45, 7) is 2.30. The molecule has 0 aliphatic heterocycles. The van der Waals surface area contributed by atoms with E-state index in [0.717, 1.165) is 11.9 Å². The van der Waals surface area contributed by atoms with Crippen LogP contribution in [0.1, 0.15) is 24.8 Å². The highest BCUT2D eigenvalue weighted by molar-refractivity contribution is 7.18. The van der Waals surface area contributed by atoms with Gasteiger partial charge in [-0.3, -0.25) is 11.3 Å². The van der Waals surface area contributed by atoms with E-state index in [1.54, 1.807) is 11.3 Å². The number of thiazole rings is 1. The number of fused-ring (bicyclic) bond motifs is 1. The van der Waals surface area contributed by atoms with Crippen molar-refractivity contribution in [1.82, 2.24) is 10.4 Å². The summed E-state index contributed by atoms with van der Waals surface area (Å²) in [6, 6.07) is 8.64. The van der Waals surface area contributed by atoms with E-state index in [0.29, 0.717) is 11.5 Å². The number of para-hydroxylation sites is 1. The molecule has 1 heterocycles. The van der Waals surface area contributed by atoms with Gasteiger partial charge in [0.2, 0.25) is 0 Å². The van der Waals surface area contributed by atoms with Gasteiger partial charge in [-0.15, -0.1) is 11.3 Å². The third-order valence-electron chi connectivity index (χ3n) is 3.80. The molecule has 0 spiro atoms. The lowest BCUT2D eigenvalue weighted by atomic mass is 9.97. The molecule has 0 bridgehead atoms. The Morgan fingerprint density at radius 3 is 2.88 bits per heavy atom. The lowest BCUT2D eigenvalue weighted by molar-refractivity contribution is 0.359. The van der Waals surface area contributed by atoms with Crippen molar-refractivity contribution in [2.45, 2.75) is 32.2 Å². The number of aromatic nitrogens is 1. The molecule has 2 aromatic rings. The van der Waals surface area contributed by atoms with E-state index < -0.39 is 0 Å². The fraction of sp³-hybridized carbons (Fsp3) is 0.462. The predicted octanol–water partition coefficient (Wildman–Crippen LogP) is 2.47. The number of hydrazine groups is 1. The van der Waals surface area contributed by atoms with Crippen LogP contribution in [-0.4, -0.2) is 11.0 Å². The molecule has 1 aromatic heterocycles. The maximum absolute atomic E-state index is 5.67. The van der Waals surface area contributed by atoms with E-state index >= 15 is 0 Å². The Balaban J connectivity index is 1.84. The van der Waals surface area contributed by atoms with Gasteiger partial charge in [0.25, 0.3) is 0 Å². The quantitative estimate of drug-likeness (QED) is 0.644. The van der Waals surface area contributed by atoms with Gasteiger partial charge in [-0.05, 0) is 30.4 Å². The van der Waals surface area contributed by atoms with Crippen molar-refractivity contribution in [3.63, 3.8) is 0 Å². The molecule has 17 heavy (non-hydrogen) atoms. The van der Waals surface area contributed by atoms with E-state index in [1.165, 1.54) is 22.5 Å². The summed E-state index contributed by atoms with van der Waals surface area (Å²) < 4.78 is 1.26. The zero-order valence-electron chi connectivity index (χ0n) is 9.94. The highest BCUT2D eigenvalue weighted by atomic mass is 32.1. The SMILES string of the molecule is CC1(C(Cc2nc3ccccc3s2)NN)CC1. The van der Waals surface area contributed by atoms with Crippen LogP contribution < -0.4 is 11.3 Å². The lowest BCUT2D eigenvalue weighted by Gasteiger charge is -2.21. The number of benzene rings is 1. The Morgan fingerprint density at radius 2 is 2.24 bits per heavy atom. The van der Waals surface area contributed by atoms with Crippen molar-refractivity contribution in [1.29, 1.82) is 0 Å². The molecule has 1 unspecified atom stereocenters. The van der Waals surface area contributed by atoms with Gasteiger partial charge in [-0.25, -0.2) is 4.98 Å². The van der Waals surface area contributed by atoms with Crippen LogP contribution in [-0.2, 0) is 6.42 Å². The topological polar surface area (TPSA) is 50.9 Å². The summed E-state index contributed by atoms with van der Waals surface area (Å²) in [5, 5.41) is 1.18. The number of hydrogen-bond donors (Lipinski definition) is 2. The van der Waals surface area contributed by atoms with Crippen LogP contribution in [0.5, 0.6) is 0 Å². The Morgan fingerprint density at radius 1 is 1.47 bits per heavy atom. The number of rotatable bonds is 4. The third-order valence-corrected chi connectivity index (χ3v) is 4.86. The number of hydrogen-bond acceptors (Lipinski definition) is 4. The molecule has 3 N–H and O–H groups in total. The van der Waals surface area contributed by atoms with Crippen molar-refractivity contribution in [3.05, 3.63) is 29.3 Å². The average Bonchev–Trinajstić information content (AvgIpc) is 2.94. The molecule has 0 amide bonds. The first-order valence-electron chi connectivity index (χ1n) is 6.02. The van der Waals surface area contributed by atoms with Gasteiger partial charge in [0.15, 0.2) is 0 Å². The summed E-state index contributed by atoms with van der Waals surface area (Å²) in [7, 11) is 0. The largest absolute Gasteiger partial charge is 0.271 e. The standard InChI is InChI=1S/C13H17N3S/c1-13(6-7-13)11(16-14)8-12-15-9-4-2-3-5-10(9)17-12/h2-5,11,16H,6-8,14H2,1H3. The summed E-state index contributed by atoms with van der Waals surface area (Å²) in [6.07, 6.45) is 3.48. The second kappa shape index (κ2) is 4.05. The number of nitrogens with two attached hydrogens (primary N) is 1. The Labute approximate surface area is 105 Å². The summed E-state index contributed by atoms with van der Waals surface area (Å²) in [4.78, 5) is 4.66. The first-order valence-corrected chi connectivity index (χ1v) is 6.83. The fourth-order valence-electron chi connectivity index (χ4n) is 2.23. The van der Waals surface area contributed by atoms with E-state index in [-0.39, 0.29) is 0 Å². The molecule has 1 aliphatic rings. The third kappa shape index (κ3) is 2.08. The Kier molecular flexibility index (Phi) is 2.65. The van der Waals surface area contributed by atoms with Gasteiger partial charge < -0.3 is 0 Å². The van der Waals surface area contributed by atoms with E-state index in [2.05, 4.69) is 35.5 Å². The Hall–Kier alpha value is -0.970. The maximum atomic E-state index is 5.67. The van der Waals surface area contributed by atoms with Gasteiger partial charge in [0.05, 0.1) is 15.2 Å². The zero-order valence-corrected chi connectivity index (χ0v) is 10.8. The normalized spacial score (nSPS) is 19.4. The molecule has 1 atom stereocenters. The van der Waals surface area contributed by atoms with Crippen LogP contribution in [0.2, 0.25) is 0 Å². The molecular formula is C13H17N3S. The van der Waals surface area contributed by atoms with E-state index in [4.69, 9.17) is 5.84 Å². The molecule has 1 aliphatic carbocycles.